The Balaban J connectivity index is 2.12. The van der Waals surface area contributed by atoms with Crippen LogP contribution in [0.5, 0.6) is 11.5 Å². The SMILES string of the molecule is COc1ccc(CN2CCCC(CC=C(C)C)(C(=O)O)C2)cc1O. The molecule has 1 saturated heterocycles. The van der Waals surface area contributed by atoms with E-state index in [1.54, 1.807) is 12.1 Å². The van der Waals surface area contributed by atoms with Gasteiger partial charge in [0.15, 0.2) is 11.5 Å². The number of benzene rings is 1. The van der Waals surface area contributed by atoms with Crippen LogP contribution in [0, 0.1) is 5.41 Å². The molecule has 0 radical (unpaired) electrons. The van der Waals surface area contributed by atoms with E-state index in [0.29, 0.717) is 31.7 Å². The van der Waals surface area contributed by atoms with Crippen molar-refractivity contribution in [3.8, 4) is 11.5 Å². The molecule has 5 heteroatoms. The highest BCUT2D eigenvalue weighted by Gasteiger charge is 2.41. The third-order valence-corrected chi connectivity index (χ3v) is 4.66. The molecule has 0 amide bonds. The average molecular weight is 333 g/mol. The van der Waals surface area contributed by atoms with E-state index in [0.717, 1.165) is 24.1 Å². The molecule has 0 aliphatic carbocycles. The van der Waals surface area contributed by atoms with Gasteiger partial charge in [-0.15, -0.1) is 0 Å². The van der Waals surface area contributed by atoms with Crippen molar-refractivity contribution < 1.29 is 19.7 Å². The maximum absolute atomic E-state index is 11.9. The molecule has 1 aliphatic heterocycles. The van der Waals surface area contributed by atoms with E-state index < -0.39 is 11.4 Å². The second kappa shape index (κ2) is 7.71. The van der Waals surface area contributed by atoms with Crippen LogP contribution in [0.3, 0.4) is 0 Å². The molecular formula is C19H27NO4. The van der Waals surface area contributed by atoms with Crippen LogP contribution in [0.4, 0.5) is 0 Å². The van der Waals surface area contributed by atoms with Gasteiger partial charge in [-0.25, -0.2) is 0 Å². The Morgan fingerprint density at radius 1 is 1.42 bits per heavy atom. The normalized spacial score (nSPS) is 21.3. The summed E-state index contributed by atoms with van der Waals surface area (Å²) in [6, 6.07) is 5.33. The lowest BCUT2D eigenvalue weighted by atomic mass is 9.76. The number of aromatic hydroxyl groups is 1. The van der Waals surface area contributed by atoms with Gasteiger partial charge in [-0.3, -0.25) is 9.69 Å². The van der Waals surface area contributed by atoms with Crippen molar-refractivity contribution in [1.29, 1.82) is 0 Å². The summed E-state index contributed by atoms with van der Waals surface area (Å²) in [7, 11) is 1.52. The van der Waals surface area contributed by atoms with Crippen LogP contribution in [0.15, 0.2) is 29.8 Å². The second-order valence-corrected chi connectivity index (χ2v) is 6.89. The van der Waals surface area contributed by atoms with Crippen LogP contribution in [-0.2, 0) is 11.3 Å². The van der Waals surface area contributed by atoms with Crippen molar-refractivity contribution >= 4 is 5.97 Å². The summed E-state index contributed by atoms with van der Waals surface area (Å²) >= 11 is 0. The molecule has 1 atom stereocenters. The van der Waals surface area contributed by atoms with E-state index in [1.807, 2.05) is 26.0 Å². The summed E-state index contributed by atoms with van der Waals surface area (Å²) in [4.78, 5) is 14.1. The first kappa shape index (κ1) is 18.3. The third kappa shape index (κ3) is 4.29. The number of hydrogen-bond acceptors (Lipinski definition) is 4. The Bertz CT molecular complexity index is 622. The molecule has 1 aliphatic rings. The Morgan fingerprint density at radius 3 is 2.75 bits per heavy atom. The maximum Gasteiger partial charge on any atom is 0.311 e. The topological polar surface area (TPSA) is 70.0 Å². The zero-order valence-electron chi connectivity index (χ0n) is 14.7. The van der Waals surface area contributed by atoms with E-state index in [-0.39, 0.29) is 5.75 Å². The van der Waals surface area contributed by atoms with Gasteiger partial charge in [0.25, 0.3) is 0 Å². The van der Waals surface area contributed by atoms with Crippen molar-refractivity contribution in [3.05, 3.63) is 35.4 Å². The van der Waals surface area contributed by atoms with Gasteiger partial charge in [0.05, 0.1) is 12.5 Å². The molecule has 2 rings (SSSR count). The van der Waals surface area contributed by atoms with Crippen LogP contribution >= 0.6 is 0 Å². The molecule has 0 aromatic heterocycles. The molecule has 5 nitrogen and oxygen atoms in total. The summed E-state index contributed by atoms with van der Waals surface area (Å²) in [5, 5.41) is 19.7. The predicted molar refractivity (Wildman–Crippen MR) is 93.3 cm³/mol. The third-order valence-electron chi connectivity index (χ3n) is 4.66. The highest BCUT2D eigenvalue weighted by atomic mass is 16.5. The molecular weight excluding hydrogens is 306 g/mol. The molecule has 24 heavy (non-hydrogen) atoms. The lowest BCUT2D eigenvalue weighted by Crippen LogP contribution is -2.47. The van der Waals surface area contributed by atoms with Crippen LogP contribution in [-0.4, -0.2) is 41.3 Å². The first-order valence-electron chi connectivity index (χ1n) is 8.31. The van der Waals surface area contributed by atoms with Crippen molar-refractivity contribution in [1.82, 2.24) is 4.90 Å². The fourth-order valence-electron chi connectivity index (χ4n) is 3.28. The van der Waals surface area contributed by atoms with Gasteiger partial charge in [0, 0.05) is 13.1 Å². The highest BCUT2D eigenvalue weighted by molar-refractivity contribution is 5.75. The summed E-state index contributed by atoms with van der Waals surface area (Å²) in [5.41, 5.74) is 1.38. The first-order chi connectivity index (χ1) is 11.4. The molecule has 2 N–H and O–H groups in total. The quantitative estimate of drug-likeness (QED) is 0.781. The number of aliphatic carboxylic acids is 1. The Labute approximate surface area is 143 Å². The number of methoxy groups -OCH3 is 1. The molecule has 1 fully saturated rings. The number of hydrogen-bond donors (Lipinski definition) is 2. The standard InChI is InChI=1S/C19H27NO4/c1-14(2)7-9-19(18(22)23)8-4-10-20(13-19)12-15-5-6-17(24-3)16(21)11-15/h5-7,11,21H,4,8-10,12-13H2,1-3H3,(H,22,23). The molecule has 1 heterocycles. The number of nitrogens with zero attached hydrogens (tertiary/aromatic N) is 1. The number of carbonyl (C=O) groups is 1. The van der Waals surface area contributed by atoms with Gasteiger partial charge in [-0.2, -0.15) is 0 Å². The number of carboxylic acid groups (broad SMARTS) is 1. The number of carboxylic acids is 1. The van der Waals surface area contributed by atoms with Crippen molar-refractivity contribution in [2.75, 3.05) is 20.2 Å². The van der Waals surface area contributed by atoms with Crippen LogP contribution in [0.1, 0.15) is 38.7 Å². The Hall–Kier alpha value is -2.01. The fourth-order valence-corrected chi connectivity index (χ4v) is 3.28. The van der Waals surface area contributed by atoms with Crippen LogP contribution < -0.4 is 4.74 Å². The Morgan fingerprint density at radius 2 is 2.17 bits per heavy atom. The van der Waals surface area contributed by atoms with Gasteiger partial charge in [-0.05, 0) is 57.4 Å². The van der Waals surface area contributed by atoms with E-state index in [2.05, 4.69) is 4.90 Å². The molecule has 0 spiro atoms. The summed E-state index contributed by atoms with van der Waals surface area (Å²) < 4.78 is 5.06. The first-order valence-corrected chi connectivity index (χ1v) is 8.31. The van der Waals surface area contributed by atoms with Crippen LogP contribution in [0.2, 0.25) is 0 Å². The average Bonchev–Trinajstić information content (AvgIpc) is 2.53. The second-order valence-electron chi connectivity index (χ2n) is 6.89. The predicted octanol–water partition coefficient (Wildman–Crippen LogP) is 3.42. The van der Waals surface area contributed by atoms with E-state index in [1.165, 1.54) is 7.11 Å². The van der Waals surface area contributed by atoms with Gasteiger partial charge in [0.1, 0.15) is 0 Å². The van der Waals surface area contributed by atoms with E-state index in [9.17, 15) is 15.0 Å². The van der Waals surface area contributed by atoms with Gasteiger partial charge in [0.2, 0.25) is 0 Å². The minimum Gasteiger partial charge on any atom is -0.504 e. The maximum atomic E-state index is 11.9. The van der Waals surface area contributed by atoms with Crippen molar-refractivity contribution in [2.45, 2.75) is 39.7 Å². The largest absolute Gasteiger partial charge is 0.504 e. The zero-order valence-corrected chi connectivity index (χ0v) is 14.7. The number of ether oxygens (including phenoxy) is 1. The lowest BCUT2D eigenvalue weighted by molar-refractivity contribution is -0.152. The highest BCUT2D eigenvalue weighted by Crippen LogP contribution is 2.36. The number of allylic oxidation sites excluding steroid dienone is 2. The van der Waals surface area contributed by atoms with Crippen molar-refractivity contribution in [3.63, 3.8) is 0 Å². The monoisotopic (exact) mass is 333 g/mol. The number of likely N-dealkylation sites (tertiary alicyclic amines) is 1. The zero-order chi connectivity index (χ0) is 17.7. The summed E-state index contributed by atoms with van der Waals surface area (Å²) in [6.07, 6.45) is 4.16. The molecule has 0 saturated carbocycles. The van der Waals surface area contributed by atoms with E-state index >= 15 is 0 Å². The van der Waals surface area contributed by atoms with Crippen molar-refractivity contribution in [2.24, 2.45) is 5.41 Å². The Kier molecular flexibility index (Phi) is 5.89. The molecule has 1 unspecified atom stereocenters. The number of phenolic OH excluding ortho intramolecular Hbond substituents is 1. The molecule has 1 aromatic rings. The van der Waals surface area contributed by atoms with Gasteiger partial charge in [-0.1, -0.05) is 17.7 Å². The minimum absolute atomic E-state index is 0.112. The van der Waals surface area contributed by atoms with E-state index in [4.69, 9.17) is 4.74 Å². The fraction of sp³-hybridized carbons (Fsp3) is 0.526. The lowest BCUT2D eigenvalue weighted by Gasteiger charge is -2.39. The van der Waals surface area contributed by atoms with Gasteiger partial charge >= 0.3 is 5.97 Å². The summed E-state index contributed by atoms with van der Waals surface area (Å²) in [5.74, 6) is -0.163. The number of piperidine rings is 1. The van der Waals surface area contributed by atoms with Gasteiger partial charge < -0.3 is 14.9 Å². The van der Waals surface area contributed by atoms with Crippen LogP contribution in [0.25, 0.3) is 0 Å². The molecule has 0 bridgehead atoms. The number of rotatable bonds is 6. The summed E-state index contributed by atoms with van der Waals surface area (Å²) in [6.45, 7) is 6.02. The smallest absolute Gasteiger partial charge is 0.311 e. The molecule has 132 valence electrons. The minimum atomic E-state index is -0.720. The molecule has 1 aromatic carbocycles. The number of phenols is 1.